The molecule has 1 aliphatic heterocycles. The molecule has 6 nitrogen and oxygen atoms in total. The van der Waals surface area contributed by atoms with E-state index in [1.165, 1.54) is 29.2 Å². The molecule has 0 spiro atoms. The lowest BCUT2D eigenvalue weighted by Gasteiger charge is -2.13. The molecule has 120 valence electrons. The molecule has 3 rings (SSSR count). The van der Waals surface area contributed by atoms with Gasteiger partial charge in [-0.1, -0.05) is 48.2 Å². The predicted molar refractivity (Wildman–Crippen MR) is 96.9 cm³/mol. The Bertz CT molecular complexity index is 881. The van der Waals surface area contributed by atoms with Gasteiger partial charge in [-0.25, -0.2) is 0 Å². The molecule has 1 heterocycles. The number of amides is 1. The van der Waals surface area contributed by atoms with E-state index in [2.05, 4.69) is 0 Å². The van der Waals surface area contributed by atoms with Crippen molar-refractivity contribution < 1.29 is 14.8 Å². The zero-order chi connectivity index (χ0) is 17.3. The second kappa shape index (κ2) is 6.42. The quantitative estimate of drug-likeness (QED) is 0.390. The van der Waals surface area contributed by atoms with Gasteiger partial charge in [-0.2, -0.15) is 0 Å². The Hall–Kier alpha value is -2.71. The molecule has 2 aromatic carbocycles. The first kappa shape index (κ1) is 16.2. The molecule has 0 aliphatic carbocycles. The van der Waals surface area contributed by atoms with E-state index in [4.69, 9.17) is 12.2 Å². The Morgan fingerprint density at radius 1 is 1.21 bits per heavy atom. The van der Waals surface area contributed by atoms with Crippen molar-refractivity contribution in [3.8, 4) is 5.75 Å². The molecule has 24 heavy (non-hydrogen) atoms. The molecule has 1 saturated heterocycles. The number of nitro benzene ring substituents is 1. The van der Waals surface area contributed by atoms with E-state index < -0.39 is 16.4 Å². The summed E-state index contributed by atoms with van der Waals surface area (Å²) in [6.45, 7) is 0. The van der Waals surface area contributed by atoms with Crippen molar-refractivity contribution in [1.82, 2.24) is 0 Å². The van der Waals surface area contributed by atoms with Gasteiger partial charge in [0, 0.05) is 6.07 Å². The number of carbonyl (C=O) groups is 1. The summed E-state index contributed by atoms with van der Waals surface area (Å²) in [5, 5.41) is 20.4. The van der Waals surface area contributed by atoms with Crippen molar-refractivity contribution >= 4 is 51.7 Å². The van der Waals surface area contributed by atoms with Gasteiger partial charge in [0.2, 0.25) is 0 Å². The largest absolute Gasteiger partial charge is 0.502 e. The minimum Gasteiger partial charge on any atom is -0.502 e. The van der Waals surface area contributed by atoms with E-state index in [0.29, 0.717) is 20.5 Å². The van der Waals surface area contributed by atoms with Crippen LogP contribution in [0.3, 0.4) is 0 Å². The number of nitro groups is 1. The lowest BCUT2D eigenvalue weighted by atomic mass is 10.1. The monoisotopic (exact) mass is 358 g/mol. The lowest BCUT2D eigenvalue weighted by Crippen LogP contribution is -2.27. The maximum atomic E-state index is 12.6. The fraction of sp³-hybridized carbons (Fsp3) is 0. The lowest BCUT2D eigenvalue weighted by molar-refractivity contribution is -0.385. The van der Waals surface area contributed by atoms with Crippen LogP contribution >= 0.6 is 24.0 Å². The first-order chi connectivity index (χ1) is 11.5. The van der Waals surface area contributed by atoms with Crippen LogP contribution in [0.25, 0.3) is 6.08 Å². The summed E-state index contributed by atoms with van der Waals surface area (Å²) in [5.41, 5.74) is 0.690. The fourth-order valence-electron chi connectivity index (χ4n) is 2.20. The first-order valence-electron chi connectivity index (χ1n) is 6.78. The molecule has 2 aromatic rings. The molecule has 1 aliphatic rings. The molecule has 0 aromatic heterocycles. The number of carbonyl (C=O) groups excluding carboxylic acids is 1. The number of hydrogen-bond acceptors (Lipinski definition) is 6. The third-order valence-electron chi connectivity index (χ3n) is 3.30. The van der Waals surface area contributed by atoms with E-state index in [0.717, 1.165) is 11.8 Å². The zero-order valence-electron chi connectivity index (χ0n) is 12.1. The molecule has 1 fully saturated rings. The van der Waals surface area contributed by atoms with Crippen molar-refractivity contribution in [2.75, 3.05) is 4.90 Å². The Balaban J connectivity index is 1.95. The van der Waals surface area contributed by atoms with Gasteiger partial charge in [-0.3, -0.25) is 19.8 Å². The smallest absolute Gasteiger partial charge is 0.311 e. The number of para-hydroxylation sites is 1. The molecule has 8 heteroatoms. The Morgan fingerprint density at radius 3 is 2.58 bits per heavy atom. The Kier molecular flexibility index (Phi) is 4.32. The summed E-state index contributed by atoms with van der Waals surface area (Å²) >= 11 is 6.39. The Labute approximate surface area is 146 Å². The summed E-state index contributed by atoms with van der Waals surface area (Å²) in [7, 11) is 0. The van der Waals surface area contributed by atoms with Crippen LogP contribution in [0.5, 0.6) is 5.75 Å². The van der Waals surface area contributed by atoms with E-state index in [1.807, 2.05) is 6.07 Å². The summed E-state index contributed by atoms with van der Waals surface area (Å²) in [4.78, 5) is 24.6. The van der Waals surface area contributed by atoms with E-state index in [1.54, 1.807) is 24.3 Å². The molecule has 1 amide bonds. The van der Waals surface area contributed by atoms with E-state index in [9.17, 15) is 20.0 Å². The van der Waals surface area contributed by atoms with Gasteiger partial charge < -0.3 is 5.11 Å². The topological polar surface area (TPSA) is 83.7 Å². The molecular weight excluding hydrogens is 348 g/mol. The van der Waals surface area contributed by atoms with Gasteiger partial charge in [0.15, 0.2) is 10.1 Å². The van der Waals surface area contributed by atoms with Crippen LogP contribution in [0.2, 0.25) is 0 Å². The number of anilines is 1. The van der Waals surface area contributed by atoms with Crippen LogP contribution in [-0.4, -0.2) is 20.3 Å². The predicted octanol–water partition coefficient (Wildman–Crippen LogP) is 3.71. The van der Waals surface area contributed by atoms with Gasteiger partial charge in [-0.05, 0) is 29.8 Å². The number of benzene rings is 2. The molecule has 1 N–H and O–H groups in total. The minimum atomic E-state index is -0.679. The van der Waals surface area contributed by atoms with Gasteiger partial charge in [0.05, 0.1) is 15.5 Å². The van der Waals surface area contributed by atoms with Crippen LogP contribution in [0, 0.1) is 10.1 Å². The maximum absolute atomic E-state index is 12.6. The number of thiocarbonyl (C=S) groups is 1. The average Bonchev–Trinajstić information content (AvgIpc) is 2.83. The van der Waals surface area contributed by atoms with Crippen molar-refractivity contribution in [2.45, 2.75) is 0 Å². The fourth-order valence-corrected chi connectivity index (χ4v) is 3.49. The molecule has 0 bridgehead atoms. The van der Waals surface area contributed by atoms with Crippen LogP contribution < -0.4 is 4.90 Å². The second-order valence-corrected chi connectivity index (χ2v) is 6.53. The normalized spacial score (nSPS) is 16.0. The number of thioether (sulfide) groups is 1. The number of phenolic OH excluding ortho intramolecular Hbond substituents is 1. The summed E-state index contributed by atoms with van der Waals surface area (Å²) in [6, 6.07) is 12.9. The van der Waals surface area contributed by atoms with Crippen molar-refractivity contribution in [2.24, 2.45) is 0 Å². The minimum absolute atomic E-state index is 0.285. The Morgan fingerprint density at radius 2 is 1.92 bits per heavy atom. The zero-order valence-corrected chi connectivity index (χ0v) is 13.7. The van der Waals surface area contributed by atoms with Gasteiger partial charge in [0.1, 0.15) is 0 Å². The highest BCUT2D eigenvalue weighted by molar-refractivity contribution is 8.27. The van der Waals surface area contributed by atoms with E-state index in [-0.39, 0.29) is 5.91 Å². The third kappa shape index (κ3) is 3.01. The molecule has 0 saturated carbocycles. The van der Waals surface area contributed by atoms with Gasteiger partial charge in [-0.15, -0.1) is 0 Å². The SMILES string of the molecule is O=C1/C(=C/c2ccc(O)c([N+](=O)[O-])c2)SC(=S)N1c1ccccc1. The van der Waals surface area contributed by atoms with Gasteiger partial charge in [0.25, 0.3) is 5.91 Å². The van der Waals surface area contributed by atoms with Crippen molar-refractivity contribution in [3.63, 3.8) is 0 Å². The van der Waals surface area contributed by atoms with Crippen LogP contribution in [0.15, 0.2) is 53.4 Å². The molecule has 0 atom stereocenters. The molecular formula is C16H10N2O4S2. The van der Waals surface area contributed by atoms with Crippen LogP contribution in [-0.2, 0) is 4.79 Å². The maximum Gasteiger partial charge on any atom is 0.311 e. The number of rotatable bonds is 3. The third-order valence-corrected chi connectivity index (χ3v) is 4.60. The number of hydrogen-bond donors (Lipinski definition) is 1. The highest BCUT2D eigenvalue weighted by Gasteiger charge is 2.33. The standard InChI is InChI=1S/C16H10N2O4S2/c19-13-7-6-10(8-12(13)18(21)22)9-14-15(20)17(16(23)24-14)11-4-2-1-3-5-11/h1-9,19H/b14-9-. The van der Waals surface area contributed by atoms with Crippen LogP contribution in [0.1, 0.15) is 5.56 Å². The highest BCUT2D eigenvalue weighted by Crippen LogP contribution is 2.36. The highest BCUT2D eigenvalue weighted by atomic mass is 32.2. The summed E-state index contributed by atoms with van der Waals surface area (Å²) in [6.07, 6.45) is 1.52. The first-order valence-corrected chi connectivity index (χ1v) is 8.00. The summed E-state index contributed by atoms with van der Waals surface area (Å²) in [5.74, 6) is -0.707. The van der Waals surface area contributed by atoms with Crippen molar-refractivity contribution in [3.05, 3.63) is 69.1 Å². The molecule has 0 radical (unpaired) electrons. The molecule has 0 unspecified atom stereocenters. The van der Waals surface area contributed by atoms with E-state index >= 15 is 0 Å². The van der Waals surface area contributed by atoms with Crippen LogP contribution in [0.4, 0.5) is 11.4 Å². The summed E-state index contributed by atoms with van der Waals surface area (Å²) < 4.78 is 0.394. The average molecular weight is 358 g/mol. The second-order valence-electron chi connectivity index (χ2n) is 4.86. The number of nitrogens with zero attached hydrogens (tertiary/aromatic N) is 2. The van der Waals surface area contributed by atoms with Gasteiger partial charge >= 0.3 is 5.69 Å². The number of aromatic hydroxyl groups is 1. The van der Waals surface area contributed by atoms with Crippen molar-refractivity contribution in [1.29, 1.82) is 0 Å². The number of phenols is 1.